The maximum absolute atomic E-state index is 12.0. The van der Waals surface area contributed by atoms with Crippen molar-refractivity contribution in [1.29, 1.82) is 0 Å². The molecule has 1 fully saturated rings. The second-order valence-electron chi connectivity index (χ2n) is 5.67. The van der Waals surface area contributed by atoms with Crippen LogP contribution in [-0.4, -0.2) is 34.5 Å². The molecule has 2 atom stereocenters. The van der Waals surface area contributed by atoms with Crippen LogP contribution < -0.4 is 10.6 Å². The number of nitrogens with one attached hydrogen (secondary N) is 2. The minimum atomic E-state index is -0.931. The molecule has 0 aliphatic heterocycles. The van der Waals surface area contributed by atoms with E-state index in [9.17, 15) is 14.4 Å². The first kappa shape index (κ1) is 15.1. The number of rotatable bonds is 5. The van der Waals surface area contributed by atoms with Gasteiger partial charge in [-0.2, -0.15) is 0 Å². The summed E-state index contributed by atoms with van der Waals surface area (Å²) in [7, 11) is 1.58. The van der Waals surface area contributed by atoms with E-state index in [0.717, 1.165) is 10.9 Å². The number of anilines is 1. The number of fused-ring (bicyclic) bond motifs is 1. The summed E-state index contributed by atoms with van der Waals surface area (Å²) in [5.41, 5.74) is 1.42. The van der Waals surface area contributed by atoms with Gasteiger partial charge in [0.05, 0.1) is 17.4 Å². The molecule has 3 rings (SSSR count). The zero-order chi connectivity index (χ0) is 16.6. The summed E-state index contributed by atoms with van der Waals surface area (Å²) in [6, 6.07) is 7.30. The van der Waals surface area contributed by atoms with Gasteiger partial charge in [0.25, 0.3) is 0 Å². The summed E-state index contributed by atoms with van der Waals surface area (Å²) in [5, 5.41) is 15.2. The van der Waals surface area contributed by atoms with Crippen LogP contribution in [0.2, 0.25) is 0 Å². The van der Waals surface area contributed by atoms with E-state index in [0.29, 0.717) is 12.1 Å². The highest BCUT2D eigenvalue weighted by Crippen LogP contribution is 2.39. The molecule has 1 heterocycles. The summed E-state index contributed by atoms with van der Waals surface area (Å²) in [6.45, 7) is 0.196. The van der Waals surface area contributed by atoms with Crippen LogP contribution in [-0.2, 0) is 20.9 Å². The molecule has 7 heteroatoms. The van der Waals surface area contributed by atoms with Gasteiger partial charge in [-0.1, -0.05) is 6.07 Å². The SMILES string of the molecule is CNC(=O)Cn1ccc2ccc(NC(=O)C3CC3C(=O)O)cc21. The van der Waals surface area contributed by atoms with Crippen LogP contribution in [0.25, 0.3) is 10.9 Å². The van der Waals surface area contributed by atoms with E-state index in [2.05, 4.69) is 10.6 Å². The Morgan fingerprint density at radius 2 is 2.04 bits per heavy atom. The number of carbonyl (C=O) groups is 3. The van der Waals surface area contributed by atoms with E-state index < -0.39 is 17.8 Å². The topological polar surface area (TPSA) is 100 Å². The third-order valence-electron chi connectivity index (χ3n) is 4.08. The molecular weight excluding hydrogens is 298 g/mol. The Morgan fingerprint density at radius 1 is 1.26 bits per heavy atom. The lowest BCUT2D eigenvalue weighted by atomic mass is 10.2. The molecule has 1 aliphatic carbocycles. The molecule has 0 saturated heterocycles. The van der Waals surface area contributed by atoms with Crippen molar-refractivity contribution in [3.8, 4) is 0 Å². The molecule has 1 aromatic heterocycles. The maximum Gasteiger partial charge on any atom is 0.307 e. The average Bonchev–Trinajstić information content (AvgIpc) is 3.25. The van der Waals surface area contributed by atoms with Crippen molar-refractivity contribution >= 4 is 34.4 Å². The number of benzene rings is 1. The molecule has 2 amide bonds. The Bertz CT molecular complexity index is 796. The van der Waals surface area contributed by atoms with Gasteiger partial charge in [0.15, 0.2) is 0 Å². The monoisotopic (exact) mass is 315 g/mol. The van der Waals surface area contributed by atoms with E-state index >= 15 is 0 Å². The maximum atomic E-state index is 12.0. The Balaban J connectivity index is 1.77. The molecule has 0 radical (unpaired) electrons. The molecular formula is C16H17N3O4. The van der Waals surface area contributed by atoms with Crippen molar-refractivity contribution in [3.63, 3.8) is 0 Å². The van der Waals surface area contributed by atoms with Gasteiger partial charge in [-0.05, 0) is 30.0 Å². The largest absolute Gasteiger partial charge is 0.481 e. The molecule has 0 spiro atoms. The predicted molar refractivity (Wildman–Crippen MR) is 83.9 cm³/mol. The Hall–Kier alpha value is -2.83. The van der Waals surface area contributed by atoms with Gasteiger partial charge < -0.3 is 20.3 Å². The van der Waals surface area contributed by atoms with Crippen molar-refractivity contribution in [2.75, 3.05) is 12.4 Å². The third-order valence-corrected chi connectivity index (χ3v) is 4.08. The first-order valence-electron chi connectivity index (χ1n) is 7.32. The highest BCUT2D eigenvalue weighted by atomic mass is 16.4. The van der Waals surface area contributed by atoms with Gasteiger partial charge in [-0.3, -0.25) is 14.4 Å². The van der Waals surface area contributed by atoms with E-state index in [4.69, 9.17) is 5.11 Å². The van der Waals surface area contributed by atoms with Gasteiger partial charge in [0, 0.05) is 18.9 Å². The second-order valence-corrected chi connectivity index (χ2v) is 5.67. The fraction of sp³-hybridized carbons (Fsp3) is 0.312. The van der Waals surface area contributed by atoms with Gasteiger partial charge in [-0.15, -0.1) is 0 Å². The number of likely N-dealkylation sites (N-methyl/N-ethyl adjacent to an activating group) is 1. The summed E-state index contributed by atoms with van der Waals surface area (Å²) < 4.78 is 1.79. The molecule has 0 bridgehead atoms. The predicted octanol–water partition coefficient (Wildman–Crippen LogP) is 1.05. The zero-order valence-corrected chi connectivity index (χ0v) is 12.6. The molecule has 1 aliphatic rings. The van der Waals surface area contributed by atoms with E-state index in [1.54, 1.807) is 23.7 Å². The number of nitrogens with zero attached hydrogens (tertiary/aromatic N) is 1. The van der Waals surface area contributed by atoms with Crippen molar-refractivity contribution in [2.24, 2.45) is 11.8 Å². The quantitative estimate of drug-likeness (QED) is 0.767. The smallest absolute Gasteiger partial charge is 0.307 e. The Kier molecular flexibility index (Phi) is 3.77. The number of hydrogen-bond donors (Lipinski definition) is 3. The standard InChI is InChI=1S/C16H17N3O4/c1-17-14(20)8-19-5-4-9-2-3-10(6-13(9)19)18-15(21)11-7-12(11)16(22)23/h2-6,11-12H,7-8H2,1H3,(H,17,20)(H,18,21)(H,22,23). The van der Waals surface area contributed by atoms with Crippen molar-refractivity contribution in [2.45, 2.75) is 13.0 Å². The first-order chi connectivity index (χ1) is 11.0. The summed E-state index contributed by atoms with van der Waals surface area (Å²) in [6.07, 6.45) is 2.20. The average molecular weight is 315 g/mol. The van der Waals surface area contributed by atoms with Crippen LogP contribution in [0.4, 0.5) is 5.69 Å². The Morgan fingerprint density at radius 3 is 2.70 bits per heavy atom. The fourth-order valence-electron chi connectivity index (χ4n) is 2.63. The highest BCUT2D eigenvalue weighted by molar-refractivity contribution is 5.99. The molecule has 3 N–H and O–H groups in total. The van der Waals surface area contributed by atoms with Gasteiger partial charge in [0.1, 0.15) is 6.54 Å². The number of aliphatic carboxylic acids is 1. The number of carbonyl (C=O) groups excluding carboxylic acids is 2. The molecule has 2 unspecified atom stereocenters. The van der Waals surface area contributed by atoms with Crippen LogP contribution in [0.1, 0.15) is 6.42 Å². The van der Waals surface area contributed by atoms with Gasteiger partial charge >= 0.3 is 5.97 Å². The van der Waals surface area contributed by atoms with E-state index in [-0.39, 0.29) is 18.4 Å². The highest BCUT2D eigenvalue weighted by Gasteiger charge is 2.48. The van der Waals surface area contributed by atoms with E-state index in [1.165, 1.54) is 0 Å². The van der Waals surface area contributed by atoms with Crippen LogP contribution in [0.5, 0.6) is 0 Å². The van der Waals surface area contributed by atoms with Crippen LogP contribution >= 0.6 is 0 Å². The third kappa shape index (κ3) is 3.03. The lowest BCUT2D eigenvalue weighted by Crippen LogP contribution is -2.23. The van der Waals surface area contributed by atoms with Gasteiger partial charge in [-0.25, -0.2) is 0 Å². The Labute approximate surface area is 132 Å². The van der Waals surface area contributed by atoms with Crippen LogP contribution in [0.3, 0.4) is 0 Å². The lowest BCUT2D eigenvalue weighted by molar-refractivity contribution is -0.139. The molecule has 120 valence electrons. The molecule has 7 nitrogen and oxygen atoms in total. The molecule has 2 aromatic rings. The number of amides is 2. The minimum absolute atomic E-state index is 0.112. The minimum Gasteiger partial charge on any atom is -0.481 e. The number of hydrogen-bond acceptors (Lipinski definition) is 3. The molecule has 1 saturated carbocycles. The zero-order valence-electron chi connectivity index (χ0n) is 12.6. The molecule has 1 aromatic carbocycles. The van der Waals surface area contributed by atoms with E-state index in [1.807, 2.05) is 18.3 Å². The number of aromatic nitrogens is 1. The first-order valence-corrected chi connectivity index (χ1v) is 7.32. The van der Waals surface area contributed by atoms with Crippen LogP contribution in [0, 0.1) is 11.8 Å². The lowest BCUT2D eigenvalue weighted by Gasteiger charge is -2.08. The van der Waals surface area contributed by atoms with Crippen molar-refractivity contribution < 1.29 is 19.5 Å². The summed E-state index contributed by atoms with van der Waals surface area (Å²) in [4.78, 5) is 34.4. The van der Waals surface area contributed by atoms with Crippen LogP contribution in [0.15, 0.2) is 30.5 Å². The second kappa shape index (κ2) is 5.75. The number of carboxylic acid groups (broad SMARTS) is 1. The van der Waals surface area contributed by atoms with Crippen molar-refractivity contribution in [1.82, 2.24) is 9.88 Å². The van der Waals surface area contributed by atoms with Crippen molar-refractivity contribution in [3.05, 3.63) is 30.5 Å². The fourth-order valence-corrected chi connectivity index (χ4v) is 2.63. The molecule has 23 heavy (non-hydrogen) atoms. The summed E-state index contributed by atoms with van der Waals surface area (Å²) >= 11 is 0. The normalized spacial score (nSPS) is 19.3. The number of carboxylic acids is 1. The van der Waals surface area contributed by atoms with Gasteiger partial charge in [0.2, 0.25) is 11.8 Å². The summed E-state index contributed by atoms with van der Waals surface area (Å²) in [5.74, 6) is -2.35.